The maximum atomic E-state index is 12.4. The first kappa shape index (κ1) is 22.2. The van der Waals surface area contributed by atoms with E-state index in [0.29, 0.717) is 26.1 Å². The molecule has 2 fully saturated rings. The second kappa shape index (κ2) is 10.5. The van der Waals surface area contributed by atoms with Crippen molar-refractivity contribution in [2.45, 2.75) is 45.6 Å². The molecule has 2 aliphatic rings. The molecule has 2 aliphatic heterocycles. The van der Waals surface area contributed by atoms with Crippen LogP contribution in [0.4, 0.5) is 17.1 Å². The number of anilines is 3. The fraction of sp³-hybridized carbons (Fsp3) is 0.462. The number of benzene rings is 2. The summed E-state index contributed by atoms with van der Waals surface area (Å²) in [6, 6.07) is 16.8. The summed E-state index contributed by atoms with van der Waals surface area (Å²) < 4.78 is 0. The molecule has 6 heteroatoms. The largest absolute Gasteiger partial charge is 0.372 e. The molecule has 2 aromatic rings. The number of carbonyl (C=O) groups is 2. The van der Waals surface area contributed by atoms with E-state index in [-0.39, 0.29) is 17.7 Å². The summed E-state index contributed by atoms with van der Waals surface area (Å²) in [5.74, 6) is -0.204. The molecule has 0 spiro atoms. The third-order valence-electron chi connectivity index (χ3n) is 6.51. The predicted molar refractivity (Wildman–Crippen MR) is 129 cm³/mol. The van der Waals surface area contributed by atoms with Gasteiger partial charge < -0.3 is 20.4 Å². The molecule has 170 valence electrons. The minimum absolute atomic E-state index is 0.0407. The summed E-state index contributed by atoms with van der Waals surface area (Å²) in [5, 5.41) is 6.42. The lowest BCUT2D eigenvalue weighted by molar-refractivity contribution is -0.128. The third kappa shape index (κ3) is 5.61. The van der Waals surface area contributed by atoms with E-state index in [1.165, 1.54) is 31.4 Å². The van der Waals surface area contributed by atoms with E-state index in [4.69, 9.17) is 0 Å². The van der Waals surface area contributed by atoms with Crippen LogP contribution in [0.2, 0.25) is 0 Å². The number of nitrogens with one attached hydrogen (secondary N) is 2. The molecule has 32 heavy (non-hydrogen) atoms. The van der Waals surface area contributed by atoms with E-state index in [9.17, 15) is 9.59 Å². The van der Waals surface area contributed by atoms with Crippen LogP contribution in [0.15, 0.2) is 48.5 Å². The second-order valence-electron chi connectivity index (χ2n) is 8.82. The predicted octanol–water partition coefficient (Wildman–Crippen LogP) is 4.30. The van der Waals surface area contributed by atoms with Crippen molar-refractivity contribution < 1.29 is 9.59 Å². The lowest BCUT2D eigenvalue weighted by Gasteiger charge is -2.23. The van der Waals surface area contributed by atoms with Crippen molar-refractivity contribution in [3.8, 4) is 0 Å². The van der Waals surface area contributed by atoms with Crippen LogP contribution in [0, 0.1) is 5.92 Å². The van der Waals surface area contributed by atoms with Gasteiger partial charge in [0.2, 0.25) is 11.8 Å². The minimum Gasteiger partial charge on any atom is -0.372 e. The van der Waals surface area contributed by atoms with Gasteiger partial charge in [-0.25, -0.2) is 0 Å². The minimum atomic E-state index is -0.235. The molecule has 2 aromatic carbocycles. The molecule has 2 N–H and O–H groups in total. The first-order valence-corrected chi connectivity index (χ1v) is 11.9. The highest BCUT2D eigenvalue weighted by Crippen LogP contribution is 2.24. The quantitative estimate of drug-likeness (QED) is 0.682. The van der Waals surface area contributed by atoms with Crippen molar-refractivity contribution in [2.75, 3.05) is 36.4 Å². The van der Waals surface area contributed by atoms with Crippen molar-refractivity contribution in [1.82, 2.24) is 10.2 Å². The molecule has 1 atom stereocenters. The van der Waals surface area contributed by atoms with Gasteiger partial charge in [-0.15, -0.1) is 0 Å². The molecule has 0 saturated carbocycles. The Bertz CT molecular complexity index is 902. The van der Waals surface area contributed by atoms with Gasteiger partial charge in [-0.3, -0.25) is 9.59 Å². The van der Waals surface area contributed by atoms with Gasteiger partial charge in [0.05, 0.1) is 5.92 Å². The molecule has 6 nitrogen and oxygen atoms in total. The van der Waals surface area contributed by atoms with Gasteiger partial charge in [-0.1, -0.05) is 25.0 Å². The standard InChI is InChI=1S/C26H34N4O2/c1-2-29-19-21(17-25(29)31)26(32)27-18-20-7-9-22(10-8-20)28-23-11-13-24(14-12-23)30-15-5-3-4-6-16-30/h7-14,21,28H,2-6,15-19H2,1H3,(H,27,32). The van der Waals surface area contributed by atoms with Crippen LogP contribution in [0.5, 0.6) is 0 Å². The SMILES string of the molecule is CCN1CC(C(=O)NCc2ccc(Nc3ccc(N4CCCCCC4)cc3)cc2)CC1=O. The van der Waals surface area contributed by atoms with Crippen LogP contribution in [0.1, 0.15) is 44.6 Å². The molecule has 2 amide bonds. The number of nitrogens with zero attached hydrogens (tertiary/aromatic N) is 2. The Labute approximate surface area is 191 Å². The Morgan fingerprint density at radius 2 is 1.56 bits per heavy atom. The molecule has 0 bridgehead atoms. The highest BCUT2D eigenvalue weighted by Gasteiger charge is 2.33. The van der Waals surface area contributed by atoms with Crippen molar-refractivity contribution in [2.24, 2.45) is 5.92 Å². The third-order valence-corrected chi connectivity index (χ3v) is 6.51. The van der Waals surface area contributed by atoms with E-state index >= 15 is 0 Å². The van der Waals surface area contributed by atoms with Crippen molar-refractivity contribution in [3.63, 3.8) is 0 Å². The van der Waals surface area contributed by atoms with Gasteiger partial charge in [0.1, 0.15) is 0 Å². The molecular weight excluding hydrogens is 400 g/mol. The highest BCUT2D eigenvalue weighted by molar-refractivity contribution is 5.89. The van der Waals surface area contributed by atoms with E-state index in [1.807, 2.05) is 31.2 Å². The Balaban J connectivity index is 1.26. The van der Waals surface area contributed by atoms with Crippen LogP contribution in [-0.2, 0) is 16.1 Å². The monoisotopic (exact) mass is 434 g/mol. The second-order valence-corrected chi connectivity index (χ2v) is 8.82. The number of carbonyl (C=O) groups excluding carboxylic acids is 2. The van der Waals surface area contributed by atoms with Crippen LogP contribution >= 0.6 is 0 Å². The molecule has 0 aliphatic carbocycles. The van der Waals surface area contributed by atoms with Crippen LogP contribution in [-0.4, -0.2) is 42.9 Å². The maximum absolute atomic E-state index is 12.4. The number of amides is 2. The van der Waals surface area contributed by atoms with E-state index in [1.54, 1.807) is 4.90 Å². The lowest BCUT2D eigenvalue weighted by Crippen LogP contribution is -2.32. The Morgan fingerprint density at radius 3 is 2.16 bits per heavy atom. The zero-order valence-electron chi connectivity index (χ0n) is 19.0. The normalized spacial score (nSPS) is 19.0. The van der Waals surface area contributed by atoms with Gasteiger partial charge in [-0.2, -0.15) is 0 Å². The number of rotatable bonds is 7. The molecule has 0 aromatic heterocycles. The summed E-state index contributed by atoms with van der Waals surface area (Å²) in [4.78, 5) is 28.4. The van der Waals surface area contributed by atoms with Gasteiger partial charge in [0, 0.05) is 56.2 Å². The first-order chi connectivity index (χ1) is 15.6. The van der Waals surface area contributed by atoms with E-state index in [2.05, 4.69) is 39.8 Å². The summed E-state index contributed by atoms with van der Waals surface area (Å²) in [5.41, 5.74) is 4.42. The van der Waals surface area contributed by atoms with Gasteiger partial charge in [0.25, 0.3) is 0 Å². The summed E-state index contributed by atoms with van der Waals surface area (Å²) >= 11 is 0. The lowest BCUT2D eigenvalue weighted by atomic mass is 10.1. The first-order valence-electron chi connectivity index (χ1n) is 11.9. The molecular formula is C26H34N4O2. The fourth-order valence-corrected chi connectivity index (χ4v) is 4.54. The Kier molecular flexibility index (Phi) is 7.30. The van der Waals surface area contributed by atoms with Crippen molar-refractivity contribution in [1.29, 1.82) is 0 Å². The molecule has 0 radical (unpaired) electrons. The average molecular weight is 435 g/mol. The summed E-state index contributed by atoms with van der Waals surface area (Å²) in [7, 11) is 0. The van der Waals surface area contributed by atoms with Crippen molar-refractivity contribution >= 4 is 28.9 Å². The number of likely N-dealkylation sites (tertiary alicyclic amines) is 1. The average Bonchev–Trinajstić information content (AvgIpc) is 3.01. The smallest absolute Gasteiger partial charge is 0.225 e. The number of hydrogen-bond acceptors (Lipinski definition) is 4. The molecule has 4 rings (SSSR count). The molecule has 2 heterocycles. The Morgan fingerprint density at radius 1 is 0.938 bits per heavy atom. The fourth-order valence-electron chi connectivity index (χ4n) is 4.54. The zero-order valence-corrected chi connectivity index (χ0v) is 19.0. The van der Waals surface area contributed by atoms with Crippen molar-refractivity contribution in [3.05, 3.63) is 54.1 Å². The van der Waals surface area contributed by atoms with E-state index < -0.39 is 0 Å². The van der Waals surface area contributed by atoms with E-state index in [0.717, 1.165) is 30.0 Å². The number of hydrogen-bond donors (Lipinski definition) is 2. The molecule has 2 saturated heterocycles. The van der Waals surface area contributed by atoms with Crippen LogP contribution in [0.25, 0.3) is 0 Å². The van der Waals surface area contributed by atoms with Gasteiger partial charge >= 0.3 is 0 Å². The molecule has 1 unspecified atom stereocenters. The van der Waals surface area contributed by atoms with Gasteiger partial charge in [-0.05, 0) is 61.7 Å². The topological polar surface area (TPSA) is 64.7 Å². The van der Waals surface area contributed by atoms with Crippen LogP contribution in [0.3, 0.4) is 0 Å². The maximum Gasteiger partial charge on any atom is 0.225 e. The summed E-state index contributed by atoms with van der Waals surface area (Å²) in [6.45, 7) is 5.91. The Hall–Kier alpha value is -3.02. The summed E-state index contributed by atoms with van der Waals surface area (Å²) in [6.07, 6.45) is 5.56. The van der Waals surface area contributed by atoms with Crippen LogP contribution < -0.4 is 15.5 Å². The zero-order chi connectivity index (χ0) is 22.3. The highest BCUT2D eigenvalue weighted by atomic mass is 16.2. The van der Waals surface area contributed by atoms with Gasteiger partial charge in [0.15, 0.2) is 0 Å².